The molecule has 12 heavy (non-hydrogen) atoms. The Morgan fingerprint density at radius 2 is 1.83 bits per heavy atom. The van der Waals surface area contributed by atoms with Crippen molar-refractivity contribution in [3.63, 3.8) is 0 Å². The van der Waals surface area contributed by atoms with E-state index in [1.807, 2.05) is 13.8 Å². The van der Waals surface area contributed by atoms with Gasteiger partial charge in [-0.3, -0.25) is 9.97 Å². The molecule has 1 heterocycles. The second-order valence-electron chi connectivity index (χ2n) is 1.79. The third kappa shape index (κ3) is 3.10. The second kappa shape index (κ2) is 6.28. The molecule has 2 nitrogen and oxygen atoms in total. The van der Waals surface area contributed by atoms with Crippen molar-refractivity contribution in [3.05, 3.63) is 35.7 Å². The van der Waals surface area contributed by atoms with Crippen molar-refractivity contribution < 1.29 is 0 Å². The number of hydrogen-bond acceptors (Lipinski definition) is 2. The Morgan fingerprint density at radius 3 is 2.33 bits per heavy atom. The molecule has 0 aliphatic heterocycles. The maximum atomic E-state index is 4.02. The topological polar surface area (TPSA) is 25.8 Å². The highest BCUT2D eigenvalue weighted by Crippen LogP contribution is 1.61. The summed E-state index contributed by atoms with van der Waals surface area (Å²) in [5.41, 5.74) is 0. The predicted octanol–water partition coefficient (Wildman–Crippen LogP) is 0.880. The molecule has 0 atom stereocenters. The highest BCUT2D eigenvalue weighted by Gasteiger charge is 1.78. The largest absolute Gasteiger partial charge is 0.254 e. The molecule has 0 aliphatic rings. The van der Waals surface area contributed by atoms with Crippen LogP contribution in [0.3, 0.4) is 0 Å². The molecule has 0 aliphatic carbocycles. The van der Waals surface area contributed by atoms with Gasteiger partial charge in [-0.1, -0.05) is 33.1 Å². The van der Waals surface area contributed by atoms with Gasteiger partial charge >= 0.3 is 0 Å². The van der Waals surface area contributed by atoms with Crippen LogP contribution in [0, 0.1) is 0 Å². The van der Waals surface area contributed by atoms with Crippen LogP contribution in [0.15, 0.2) is 25.0 Å². The first-order chi connectivity index (χ1) is 5.84. The zero-order chi connectivity index (χ0) is 9.40. The Kier molecular flexibility index (Phi) is 5.53. The molecule has 1 aromatic rings. The maximum absolute atomic E-state index is 4.02. The summed E-state index contributed by atoms with van der Waals surface area (Å²) in [6.45, 7) is 11.2. The minimum Gasteiger partial charge on any atom is -0.254 e. The van der Waals surface area contributed by atoms with Crippen LogP contribution in [-0.2, 0) is 0 Å². The van der Waals surface area contributed by atoms with Crippen molar-refractivity contribution in [2.45, 2.75) is 13.8 Å². The standard InChI is InChI=1S/C8H8N2.C2H6/c1-3-4-8-7(2)9-5-6-10-8;1-2/h3-6H,1-2H2;1-2H3/b8-4+;. The first-order valence-electron chi connectivity index (χ1n) is 3.93. The van der Waals surface area contributed by atoms with E-state index in [2.05, 4.69) is 23.1 Å². The molecular formula is C10H14N2. The minimum absolute atomic E-state index is 0.683. The average molecular weight is 162 g/mol. The molecule has 0 radical (unpaired) electrons. The molecule has 2 heteroatoms. The van der Waals surface area contributed by atoms with Crippen molar-refractivity contribution in [2.24, 2.45) is 0 Å². The molecule has 0 amide bonds. The molecule has 0 aromatic carbocycles. The molecule has 0 unspecified atom stereocenters. The van der Waals surface area contributed by atoms with Crippen molar-refractivity contribution >= 4 is 12.7 Å². The maximum Gasteiger partial charge on any atom is 0.0880 e. The number of hydrogen-bond donors (Lipinski definition) is 0. The normalized spacial score (nSPS) is 10.0. The number of aromatic nitrogens is 2. The van der Waals surface area contributed by atoms with Gasteiger partial charge in [-0.15, -0.1) is 0 Å². The van der Waals surface area contributed by atoms with Crippen molar-refractivity contribution in [1.29, 1.82) is 0 Å². The molecular weight excluding hydrogens is 148 g/mol. The summed E-state index contributed by atoms with van der Waals surface area (Å²) in [5.74, 6) is 0. The van der Waals surface area contributed by atoms with Crippen molar-refractivity contribution in [1.82, 2.24) is 9.97 Å². The fourth-order valence-corrected chi connectivity index (χ4v) is 0.628. The van der Waals surface area contributed by atoms with Crippen LogP contribution in [0.1, 0.15) is 13.8 Å². The van der Waals surface area contributed by atoms with E-state index in [1.165, 1.54) is 0 Å². The Bertz CT molecular complexity index is 328. The average Bonchev–Trinajstić information content (AvgIpc) is 2.13. The molecule has 0 bridgehead atoms. The van der Waals surface area contributed by atoms with Crippen LogP contribution in [0.5, 0.6) is 0 Å². The molecule has 1 rings (SSSR count). The first kappa shape index (κ1) is 10.6. The molecule has 0 fully saturated rings. The lowest BCUT2D eigenvalue weighted by Crippen LogP contribution is -2.28. The van der Waals surface area contributed by atoms with Gasteiger partial charge in [0.25, 0.3) is 0 Å². The first-order valence-corrected chi connectivity index (χ1v) is 3.93. The van der Waals surface area contributed by atoms with E-state index >= 15 is 0 Å². The van der Waals surface area contributed by atoms with Crippen LogP contribution in [-0.4, -0.2) is 9.97 Å². The zero-order valence-corrected chi connectivity index (χ0v) is 7.62. The Labute approximate surface area is 73.0 Å². The molecule has 0 saturated heterocycles. The quantitative estimate of drug-likeness (QED) is 0.612. The van der Waals surface area contributed by atoms with E-state index in [4.69, 9.17) is 0 Å². The summed E-state index contributed by atoms with van der Waals surface area (Å²) < 4.78 is 0. The summed E-state index contributed by atoms with van der Waals surface area (Å²) in [7, 11) is 0. The molecule has 64 valence electrons. The summed E-state index contributed by atoms with van der Waals surface area (Å²) in [6.07, 6.45) is 6.68. The lowest BCUT2D eigenvalue weighted by Gasteiger charge is -1.82. The second-order valence-corrected chi connectivity index (χ2v) is 1.79. The van der Waals surface area contributed by atoms with Gasteiger partial charge in [0.1, 0.15) is 0 Å². The van der Waals surface area contributed by atoms with E-state index in [-0.39, 0.29) is 0 Å². The monoisotopic (exact) mass is 162 g/mol. The SMILES string of the molecule is C=C/C=c1/nccnc1=C.CC. The van der Waals surface area contributed by atoms with Gasteiger partial charge in [-0.2, -0.15) is 0 Å². The van der Waals surface area contributed by atoms with Crippen LogP contribution < -0.4 is 10.7 Å². The molecule has 1 aromatic heterocycles. The fraction of sp³-hybridized carbons (Fsp3) is 0.200. The third-order valence-corrected chi connectivity index (χ3v) is 1.08. The van der Waals surface area contributed by atoms with Gasteiger partial charge in [-0.05, 0) is 6.08 Å². The lowest BCUT2D eigenvalue weighted by atomic mass is 10.4. The van der Waals surface area contributed by atoms with E-state index in [0.29, 0.717) is 5.35 Å². The highest BCUT2D eigenvalue weighted by molar-refractivity contribution is 5.31. The van der Waals surface area contributed by atoms with Crippen LogP contribution in [0.2, 0.25) is 0 Å². The van der Waals surface area contributed by atoms with Gasteiger partial charge in [0.2, 0.25) is 0 Å². The van der Waals surface area contributed by atoms with Gasteiger partial charge < -0.3 is 0 Å². The van der Waals surface area contributed by atoms with Crippen LogP contribution in [0.4, 0.5) is 0 Å². The van der Waals surface area contributed by atoms with Crippen LogP contribution in [0.25, 0.3) is 12.7 Å². The fourth-order valence-electron chi connectivity index (χ4n) is 0.628. The summed E-state index contributed by atoms with van der Waals surface area (Å²) >= 11 is 0. The van der Waals surface area contributed by atoms with Crippen molar-refractivity contribution in [3.8, 4) is 0 Å². The van der Waals surface area contributed by atoms with Crippen LogP contribution >= 0.6 is 0 Å². The number of rotatable bonds is 1. The molecule has 0 saturated carbocycles. The van der Waals surface area contributed by atoms with Crippen molar-refractivity contribution in [2.75, 3.05) is 0 Å². The van der Waals surface area contributed by atoms with E-state index in [1.54, 1.807) is 24.5 Å². The molecule has 0 spiro atoms. The van der Waals surface area contributed by atoms with Gasteiger partial charge in [0.05, 0.1) is 10.7 Å². The van der Waals surface area contributed by atoms with Gasteiger partial charge in [0.15, 0.2) is 0 Å². The Morgan fingerprint density at radius 1 is 1.25 bits per heavy atom. The minimum atomic E-state index is 0.683. The van der Waals surface area contributed by atoms with E-state index in [0.717, 1.165) is 5.35 Å². The Balaban J connectivity index is 0.000000561. The van der Waals surface area contributed by atoms with Gasteiger partial charge in [-0.25, -0.2) is 0 Å². The number of allylic oxidation sites excluding steroid dienone is 1. The third-order valence-electron chi connectivity index (χ3n) is 1.08. The predicted molar refractivity (Wildman–Crippen MR) is 52.8 cm³/mol. The highest BCUT2D eigenvalue weighted by atomic mass is 14.7. The number of nitrogens with zero attached hydrogens (tertiary/aromatic N) is 2. The zero-order valence-electron chi connectivity index (χ0n) is 7.62. The summed E-state index contributed by atoms with van der Waals surface area (Å²) in [5, 5.41) is 1.46. The molecule has 0 N–H and O–H groups in total. The summed E-state index contributed by atoms with van der Waals surface area (Å²) in [4.78, 5) is 7.96. The Hall–Kier alpha value is -1.44. The summed E-state index contributed by atoms with van der Waals surface area (Å²) in [6, 6.07) is 0. The smallest absolute Gasteiger partial charge is 0.0880 e. The lowest BCUT2D eigenvalue weighted by molar-refractivity contribution is 1.10. The van der Waals surface area contributed by atoms with E-state index < -0.39 is 0 Å². The van der Waals surface area contributed by atoms with E-state index in [9.17, 15) is 0 Å². The van der Waals surface area contributed by atoms with Gasteiger partial charge in [0, 0.05) is 12.4 Å².